The Labute approximate surface area is 201 Å². The Morgan fingerprint density at radius 3 is 2.51 bits per heavy atom. The summed E-state index contributed by atoms with van der Waals surface area (Å²) in [6, 6.07) is 15.4. The third-order valence-corrected chi connectivity index (χ3v) is 6.41. The average Bonchev–Trinajstić information content (AvgIpc) is 3.56. The monoisotopic (exact) mass is 474 g/mol. The highest BCUT2D eigenvalue weighted by Gasteiger charge is 2.50. The fourth-order valence-electron chi connectivity index (χ4n) is 4.39. The summed E-state index contributed by atoms with van der Waals surface area (Å²) in [5.74, 6) is -1.03. The van der Waals surface area contributed by atoms with E-state index in [1.165, 1.54) is 42.5 Å². The molecule has 5 rings (SSSR count). The van der Waals surface area contributed by atoms with Crippen molar-refractivity contribution in [2.24, 2.45) is 5.10 Å². The number of benzene rings is 2. The molecule has 1 saturated heterocycles. The maximum Gasteiger partial charge on any atom is 0.325 e. The molecule has 35 heavy (non-hydrogen) atoms. The van der Waals surface area contributed by atoms with Crippen molar-refractivity contribution in [1.29, 1.82) is 0 Å². The second kappa shape index (κ2) is 8.50. The Morgan fingerprint density at radius 2 is 1.86 bits per heavy atom. The van der Waals surface area contributed by atoms with Crippen molar-refractivity contribution in [3.63, 3.8) is 0 Å². The van der Waals surface area contributed by atoms with E-state index < -0.39 is 41.8 Å². The minimum Gasteiger partial charge on any atom is -0.467 e. The summed E-state index contributed by atoms with van der Waals surface area (Å²) in [5.41, 5.74) is 1.69. The highest BCUT2D eigenvalue weighted by Crippen LogP contribution is 2.34. The normalized spacial score (nSPS) is 21.9. The van der Waals surface area contributed by atoms with E-state index in [4.69, 9.17) is 4.42 Å². The quantitative estimate of drug-likeness (QED) is 0.568. The first-order valence-corrected chi connectivity index (χ1v) is 11.2. The zero-order valence-electron chi connectivity index (χ0n) is 19.2. The van der Waals surface area contributed by atoms with Gasteiger partial charge in [-0.3, -0.25) is 14.5 Å². The van der Waals surface area contributed by atoms with E-state index in [9.17, 15) is 18.8 Å². The Bertz CT molecular complexity index is 1320. The first-order valence-electron chi connectivity index (χ1n) is 11.2. The minimum atomic E-state index is -1.41. The first kappa shape index (κ1) is 22.5. The SMILES string of the molecule is Cc1ccc(C2=NN(C(=O)CN3C(=O)N[C@@](C)(c4ccc(F)cc4)C3=O)[C@H](c3ccco3)C2)cc1. The van der Waals surface area contributed by atoms with Gasteiger partial charge in [-0.15, -0.1) is 0 Å². The molecule has 8 nitrogen and oxygen atoms in total. The molecule has 9 heteroatoms. The van der Waals surface area contributed by atoms with Crippen LogP contribution in [-0.2, 0) is 15.1 Å². The van der Waals surface area contributed by atoms with Crippen LogP contribution in [0.1, 0.15) is 41.8 Å². The number of hydrogen-bond acceptors (Lipinski definition) is 5. The van der Waals surface area contributed by atoms with Gasteiger partial charge >= 0.3 is 6.03 Å². The maximum absolute atomic E-state index is 13.4. The van der Waals surface area contributed by atoms with Crippen molar-refractivity contribution in [3.8, 4) is 0 Å². The lowest BCUT2D eigenvalue weighted by molar-refractivity contribution is -0.140. The van der Waals surface area contributed by atoms with Crippen LogP contribution >= 0.6 is 0 Å². The summed E-state index contributed by atoms with van der Waals surface area (Å²) < 4.78 is 18.9. The number of nitrogens with zero attached hydrogens (tertiary/aromatic N) is 3. The average molecular weight is 474 g/mol. The van der Waals surface area contributed by atoms with Gasteiger partial charge in [-0.1, -0.05) is 42.0 Å². The Morgan fingerprint density at radius 1 is 1.14 bits per heavy atom. The lowest BCUT2D eigenvalue weighted by atomic mass is 9.92. The van der Waals surface area contributed by atoms with E-state index in [2.05, 4.69) is 10.4 Å². The number of hydrogen-bond donors (Lipinski definition) is 1. The summed E-state index contributed by atoms with van der Waals surface area (Å²) in [5, 5.41) is 8.46. The van der Waals surface area contributed by atoms with Crippen molar-refractivity contribution < 1.29 is 23.2 Å². The number of furan rings is 1. The number of amides is 4. The van der Waals surface area contributed by atoms with E-state index in [0.717, 1.165) is 16.0 Å². The lowest BCUT2D eigenvalue weighted by Gasteiger charge is -2.24. The lowest BCUT2D eigenvalue weighted by Crippen LogP contribution is -2.43. The maximum atomic E-state index is 13.4. The third kappa shape index (κ3) is 3.99. The standard InChI is InChI=1S/C26H23FN4O4/c1-16-5-7-17(8-6-16)20-14-21(22-4-3-13-35-22)31(29-20)23(32)15-30-24(33)26(2,28-25(30)34)18-9-11-19(27)12-10-18/h3-13,21H,14-15H2,1-2H3,(H,28,34)/t21-,26-/m0/s1. The van der Waals surface area contributed by atoms with Gasteiger partial charge in [0.25, 0.3) is 11.8 Å². The van der Waals surface area contributed by atoms with Crippen molar-refractivity contribution in [2.75, 3.05) is 6.54 Å². The number of carbonyl (C=O) groups is 3. The van der Waals surface area contributed by atoms with Crippen molar-refractivity contribution >= 4 is 23.6 Å². The molecule has 1 fully saturated rings. The summed E-state index contributed by atoms with van der Waals surface area (Å²) in [7, 11) is 0. The number of hydrazone groups is 1. The molecule has 0 spiro atoms. The fraction of sp³-hybridized carbons (Fsp3) is 0.231. The van der Waals surface area contributed by atoms with Crippen LogP contribution in [0.2, 0.25) is 0 Å². The van der Waals surface area contributed by atoms with E-state index in [1.807, 2.05) is 31.2 Å². The molecule has 0 bridgehead atoms. The van der Waals surface area contributed by atoms with Crippen molar-refractivity contribution in [3.05, 3.63) is 95.2 Å². The number of carbonyl (C=O) groups excluding carboxylic acids is 3. The number of imide groups is 1. The van der Waals surface area contributed by atoms with Gasteiger partial charge in [0, 0.05) is 6.42 Å². The molecule has 1 N–H and O–H groups in total. The number of urea groups is 1. The van der Waals surface area contributed by atoms with Crippen LogP contribution in [0.15, 0.2) is 76.4 Å². The minimum absolute atomic E-state index is 0.418. The molecule has 2 aromatic carbocycles. The second-order valence-electron chi connectivity index (χ2n) is 8.84. The predicted octanol–water partition coefficient (Wildman–Crippen LogP) is 3.87. The molecule has 3 heterocycles. The van der Waals surface area contributed by atoms with Crippen LogP contribution in [0, 0.1) is 12.7 Å². The molecule has 3 aromatic rings. The largest absolute Gasteiger partial charge is 0.467 e. The van der Waals surface area contributed by atoms with Gasteiger partial charge in [-0.25, -0.2) is 14.2 Å². The highest BCUT2D eigenvalue weighted by molar-refractivity contribution is 6.09. The van der Waals surface area contributed by atoms with Gasteiger partial charge in [0.1, 0.15) is 29.7 Å². The number of aryl methyl sites for hydroxylation is 1. The zero-order chi connectivity index (χ0) is 24.7. The van der Waals surface area contributed by atoms with E-state index in [0.29, 0.717) is 23.5 Å². The molecular formula is C26H23FN4O4. The van der Waals surface area contributed by atoms with E-state index >= 15 is 0 Å². The summed E-state index contributed by atoms with van der Waals surface area (Å²) >= 11 is 0. The van der Waals surface area contributed by atoms with Gasteiger partial charge in [0.15, 0.2) is 0 Å². The number of nitrogens with one attached hydrogen (secondary N) is 1. The fourth-order valence-corrected chi connectivity index (χ4v) is 4.39. The second-order valence-corrected chi connectivity index (χ2v) is 8.84. The van der Waals surface area contributed by atoms with Gasteiger partial charge in [-0.05, 0) is 49.2 Å². The third-order valence-electron chi connectivity index (χ3n) is 6.41. The van der Waals surface area contributed by atoms with Gasteiger partial charge in [0.05, 0.1) is 12.0 Å². The summed E-state index contributed by atoms with van der Waals surface area (Å²) in [6.07, 6.45) is 1.95. The molecule has 2 aliphatic heterocycles. The topological polar surface area (TPSA) is 95.2 Å². The molecule has 4 amide bonds. The van der Waals surface area contributed by atoms with Crippen LogP contribution < -0.4 is 5.32 Å². The van der Waals surface area contributed by atoms with Crippen LogP contribution in [0.5, 0.6) is 0 Å². The smallest absolute Gasteiger partial charge is 0.325 e. The highest BCUT2D eigenvalue weighted by atomic mass is 19.1. The molecule has 2 atom stereocenters. The summed E-state index contributed by atoms with van der Waals surface area (Å²) in [6.45, 7) is 3.02. The van der Waals surface area contributed by atoms with Gasteiger partial charge in [-0.2, -0.15) is 5.10 Å². The number of rotatable bonds is 5. The van der Waals surface area contributed by atoms with Crippen molar-refractivity contribution in [1.82, 2.24) is 15.2 Å². The van der Waals surface area contributed by atoms with Crippen LogP contribution in [-0.4, -0.2) is 40.0 Å². The zero-order valence-corrected chi connectivity index (χ0v) is 19.2. The van der Waals surface area contributed by atoms with E-state index in [1.54, 1.807) is 12.1 Å². The molecular weight excluding hydrogens is 451 g/mol. The summed E-state index contributed by atoms with van der Waals surface area (Å²) in [4.78, 5) is 40.2. The molecule has 0 saturated carbocycles. The molecule has 178 valence electrons. The molecule has 2 aliphatic rings. The Kier molecular flexibility index (Phi) is 5.47. The van der Waals surface area contributed by atoms with E-state index in [-0.39, 0.29) is 0 Å². The molecule has 0 radical (unpaired) electrons. The molecule has 1 aromatic heterocycles. The Balaban J connectivity index is 1.40. The molecule has 0 unspecified atom stereocenters. The predicted molar refractivity (Wildman–Crippen MR) is 125 cm³/mol. The van der Waals surface area contributed by atoms with Crippen LogP contribution in [0.3, 0.4) is 0 Å². The molecule has 0 aliphatic carbocycles. The van der Waals surface area contributed by atoms with Gasteiger partial charge in [0.2, 0.25) is 0 Å². The van der Waals surface area contributed by atoms with Gasteiger partial charge < -0.3 is 9.73 Å². The van der Waals surface area contributed by atoms with Crippen LogP contribution in [0.25, 0.3) is 0 Å². The van der Waals surface area contributed by atoms with Crippen molar-refractivity contribution in [2.45, 2.75) is 31.8 Å². The first-order chi connectivity index (χ1) is 16.8. The number of halogens is 1. The Hall–Kier alpha value is -4.27. The van der Waals surface area contributed by atoms with Crippen LogP contribution in [0.4, 0.5) is 9.18 Å².